The van der Waals surface area contributed by atoms with Crippen molar-refractivity contribution in [2.75, 3.05) is 0 Å². The average Bonchev–Trinajstić information content (AvgIpc) is 3.20. The monoisotopic (exact) mass is 644 g/mol. The van der Waals surface area contributed by atoms with E-state index in [0.717, 1.165) is 22.3 Å². The topological polar surface area (TPSA) is 171 Å². The number of benzene rings is 1. The number of pyridine rings is 4. The van der Waals surface area contributed by atoms with Crippen molar-refractivity contribution in [3.63, 3.8) is 0 Å². The summed E-state index contributed by atoms with van der Waals surface area (Å²) in [6.07, 6.45) is 13.2. The molecule has 50 heavy (non-hydrogen) atoms. The van der Waals surface area contributed by atoms with Gasteiger partial charge in [0.25, 0.3) is 0 Å². The van der Waals surface area contributed by atoms with Crippen LogP contribution in [0.2, 0.25) is 0 Å². The van der Waals surface area contributed by atoms with Crippen molar-refractivity contribution in [1.29, 1.82) is 21.0 Å². The van der Waals surface area contributed by atoms with Crippen LogP contribution in [0.1, 0.15) is 45.2 Å². The first-order chi connectivity index (χ1) is 24.7. The molecule has 0 unspecified atom stereocenters. The summed E-state index contributed by atoms with van der Waals surface area (Å²) in [6, 6.07) is 31.4. The van der Waals surface area contributed by atoms with Crippen molar-refractivity contribution in [3.8, 4) is 24.3 Å². The summed E-state index contributed by atoms with van der Waals surface area (Å²) < 4.78 is 0. The van der Waals surface area contributed by atoms with E-state index in [4.69, 9.17) is 0 Å². The number of hydrogen-bond acceptors (Lipinski definition) is 10. The number of hydrogen-bond donors (Lipinski definition) is 2. The number of nitrogens with zero attached hydrogens (tertiary/aromatic N) is 8. The van der Waals surface area contributed by atoms with Gasteiger partial charge in [-0.3, -0.25) is 19.9 Å². The Morgan fingerprint density at radius 2 is 0.580 bits per heavy atom. The minimum absolute atomic E-state index is 0.371. The lowest BCUT2D eigenvalue weighted by atomic mass is 9.76. The zero-order valence-electron chi connectivity index (χ0n) is 26.3. The molecule has 0 bridgehead atoms. The standard InChI is InChI=1S/C40H24N10/c41-21-31-35(32(22-42)38(28-7-15-46-16-8-28)49-37(31)27-5-13-45-14-6-27)25-1-2-26(4-3-25)36-33(23-43)39(29-9-17-47-18-10-29)50-40(34(36)24-44)30-11-19-48-20-12-30/h1-20,35-36,49-50H. The molecule has 7 rings (SSSR count). The Labute approximate surface area is 288 Å². The molecular weight excluding hydrogens is 621 g/mol. The molecule has 5 aromatic rings. The lowest BCUT2D eigenvalue weighted by molar-refractivity contribution is 0.917. The first-order valence-corrected chi connectivity index (χ1v) is 15.5. The molecule has 234 valence electrons. The van der Waals surface area contributed by atoms with E-state index in [1.165, 1.54) is 0 Å². The molecule has 4 aromatic heterocycles. The highest BCUT2D eigenvalue weighted by Gasteiger charge is 2.36. The molecule has 0 saturated carbocycles. The fraction of sp³-hybridized carbons (Fsp3) is 0.0500. The van der Waals surface area contributed by atoms with E-state index in [-0.39, 0.29) is 0 Å². The normalized spacial score (nSPS) is 15.0. The maximum atomic E-state index is 10.6. The Bertz CT molecular complexity index is 2070. The predicted octanol–water partition coefficient (Wildman–Crippen LogP) is 6.38. The second kappa shape index (κ2) is 13.6. The van der Waals surface area contributed by atoms with Crippen LogP contribution in [0.5, 0.6) is 0 Å². The highest BCUT2D eigenvalue weighted by molar-refractivity contribution is 5.90. The average molecular weight is 645 g/mol. The molecule has 2 aliphatic heterocycles. The van der Waals surface area contributed by atoms with Gasteiger partial charge in [-0.05, 0) is 59.7 Å². The zero-order chi connectivity index (χ0) is 34.5. The van der Waals surface area contributed by atoms with Crippen molar-refractivity contribution in [3.05, 3.63) is 178 Å². The van der Waals surface area contributed by atoms with Crippen LogP contribution in [0.4, 0.5) is 0 Å². The smallest absolute Gasteiger partial charge is 0.0979 e. The van der Waals surface area contributed by atoms with E-state index in [1.807, 2.05) is 72.8 Å². The Morgan fingerprint density at radius 1 is 0.360 bits per heavy atom. The van der Waals surface area contributed by atoms with Crippen molar-refractivity contribution in [2.45, 2.75) is 11.8 Å². The Kier molecular flexibility index (Phi) is 8.42. The van der Waals surface area contributed by atoms with E-state index >= 15 is 0 Å². The first-order valence-electron chi connectivity index (χ1n) is 15.5. The van der Waals surface area contributed by atoms with Crippen molar-refractivity contribution < 1.29 is 0 Å². The van der Waals surface area contributed by atoms with Crippen LogP contribution >= 0.6 is 0 Å². The predicted molar refractivity (Wildman–Crippen MR) is 185 cm³/mol. The number of nitrogens with one attached hydrogen (secondary N) is 2. The fourth-order valence-electron chi connectivity index (χ4n) is 6.40. The van der Waals surface area contributed by atoms with E-state index in [1.54, 1.807) is 49.6 Å². The third-order valence-electron chi connectivity index (χ3n) is 8.69. The van der Waals surface area contributed by atoms with Crippen LogP contribution in [0.15, 0.2) is 145 Å². The molecule has 10 heteroatoms. The number of rotatable bonds is 6. The summed E-state index contributed by atoms with van der Waals surface area (Å²) in [4.78, 5) is 16.5. The maximum absolute atomic E-state index is 10.6. The van der Waals surface area contributed by atoms with Gasteiger partial charge in [0.05, 0.1) is 81.2 Å². The van der Waals surface area contributed by atoms with Crippen LogP contribution in [-0.4, -0.2) is 19.9 Å². The largest absolute Gasteiger partial charge is 0.353 e. The molecule has 0 aliphatic carbocycles. The fourth-order valence-corrected chi connectivity index (χ4v) is 6.40. The van der Waals surface area contributed by atoms with Crippen molar-refractivity contribution >= 4 is 22.8 Å². The van der Waals surface area contributed by atoms with Gasteiger partial charge in [0.2, 0.25) is 0 Å². The van der Waals surface area contributed by atoms with E-state index in [2.05, 4.69) is 54.8 Å². The molecule has 0 spiro atoms. The SMILES string of the molecule is N#CC1=C(c2ccncc2)NC(c2ccncc2)=C(C#N)C1c1ccc(C2C(C#N)=C(c3ccncc3)NC(c3ccncc3)=C2C#N)cc1. The Morgan fingerprint density at radius 3 is 0.780 bits per heavy atom. The summed E-state index contributed by atoms with van der Waals surface area (Å²) in [6.45, 7) is 0. The highest BCUT2D eigenvalue weighted by Crippen LogP contribution is 2.45. The second-order valence-electron chi connectivity index (χ2n) is 11.3. The van der Waals surface area contributed by atoms with Gasteiger partial charge in [-0.15, -0.1) is 0 Å². The summed E-state index contributed by atoms with van der Waals surface area (Å²) in [5, 5.41) is 49.1. The molecule has 2 aliphatic rings. The molecule has 0 amide bonds. The maximum Gasteiger partial charge on any atom is 0.0979 e. The first kappa shape index (κ1) is 31.0. The molecule has 0 fully saturated rings. The number of aromatic nitrogens is 4. The number of nitriles is 4. The summed E-state index contributed by atoms with van der Waals surface area (Å²) in [7, 11) is 0. The third kappa shape index (κ3) is 5.52. The van der Waals surface area contributed by atoms with Crippen LogP contribution in [0.25, 0.3) is 22.8 Å². The van der Waals surface area contributed by atoms with Gasteiger partial charge in [0, 0.05) is 71.8 Å². The van der Waals surface area contributed by atoms with Gasteiger partial charge in [-0.25, -0.2) is 0 Å². The quantitative estimate of drug-likeness (QED) is 0.211. The Balaban J connectivity index is 1.41. The van der Waals surface area contributed by atoms with Crippen molar-refractivity contribution in [2.24, 2.45) is 0 Å². The molecule has 0 radical (unpaired) electrons. The number of allylic oxidation sites excluding steroid dienone is 4. The molecule has 6 heterocycles. The van der Waals surface area contributed by atoms with E-state index in [9.17, 15) is 21.0 Å². The number of dihydropyridines is 2. The molecule has 2 N–H and O–H groups in total. The lowest BCUT2D eigenvalue weighted by Crippen LogP contribution is -2.25. The molecule has 0 atom stereocenters. The Hall–Kier alpha value is -7.66. The summed E-state index contributed by atoms with van der Waals surface area (Å²) >= 11 is 0. The van der Waals surface area contributed by atoms with Gasteiger partial charge < -0.3 is 10.6 Å². The van der Waals surface area contributed by atoms with Gasteiger partial charge in [0.15, 0.2) is 0 Å². The zero-order valence-corrected chi connectivity index (χ0v) is 26.3. The van der Waals surface area contributed by atoms with Crippen LogP contribution in [-0.2, 0) is 0 Å². The summed E-state index contributed by atoms with van der Waals surface area (Å²) in [5.74, 6) is -1.42. The van der Waals surface area contributed by atoms with E-state index < -0.39 is 11.8 Å². The van der Waals surface area contributed by atoms with E-state index in [0.29, 0.717) is 56.2 Å². The minimum atomic E-state index is -0.712. The molecule has 10 nitrogen and oxygen atoms in total. The lowest BCUT2D eigenvalue weighted by Gasteiger charge is -2.31. The molecule has 0 saturated heterocycles. The second-order valence-corrected chi connectivity index (χ2v) is 11.3. The van der Waals surface area contributed by atoms with Crippen LogP contribution in [0.3, 0.4) is 0 Å². The van der Waals surface area contributed by atoms with Crippen LogP contribution < -0.4 is 10.6 Å². The van der Waals surface area contributed by atoms with Crippen LogP contribution in [0, 0.1) is 45.3 Å². The molecule has 1 aromatic carbocycles. The van der Waals surface area contributed by atoms with Gasteiger partial charge in [-0.1, -0.05) is 24.3 Å². The third-order valence-corrected chi connectivity index (χ3v) is 8.69. The van der Waals surface area contributed by atoms with Gasteiger partial charge >= 0.3 is 0 Å². The molecular formula is C40H24N10. The summed E-state index contributed by atoms with van der Waals surface area (Å²) in [5.41, 5.74) is 8.15. The van der Waals surface area contributed by atoms with Gasteiger partial charge in [-0.2, -0.15) is 21.0 Å². The van der Waals surface area contributed by atoms with Gasteiger partial charge in [0.1, 0.15) is 0 Å². The minimum Gasteiger partial charge on any atom is -0.353 e. The van der Waals surface area contributed by atoms with Crippen molar-refractivity contribution in [1.82, 2.24) is 30.6 Å². The highest BCUT2D eigenvalue weighted by atomic mass is 14.9.